The number of aliphatic imine (C=N–C) groups is 1. The molecule has 1 aromatic rings. The van der Waals surface area contributed by atoms with Gasteiger partial charge in [-0.25, -0.2) is 4.99 Å². The zero-order valence-corrected chi connectivity index (χ0v) is 14.5. The average Bonchev–Trinajstić information content (AvgIpc) is 3.29. The number of quaternary nitrogens is 1. The van der Waals surface area contributed by atoms with Crippen molar-refractivity contribution in [2.75, 3.05) is 18.8 Å². The summed E-state index contributed by atoms with van der Waals surface area (Å²) in [5, 5.41) is 18.0. The van der Waals surface area contributed by atoms with Gasteiger partial charge in [-0.1, -0.05) is 0 Å². The van der Waals surface area contributed by atoms with Crippen LogP contribution in [0.3, 0.4) is 0 Å². The number of hydrogen-bond acceptors (Lipinski definition) is 4. The molecule has 3 aliphatic heterocycles. The molecule has 2 fully saturated rings. The molecule has 0 spiro atoms. The number of likely N-dealkylation sites (tertiary alicyclic amines) is 1. The fourth-order valence-corrected chi connectivity index (χ4v) is 3.65. The summed E-state index contributed by atoms with van der Waals surface area (Å²) in [6.45, 7) is 1.61. The molecule has 0 saturated carbocycles. The molecule has 4 rings (SSSR count). The molecule has 3 aliphatic rings. The maximum Gasteiger partial charge on any atom is 0.193 e. The lowest BCUT2D eigenvalue weighted by atomic mass is 10.1. The van der Waals surface area contributed by atoms with Crippen molar-refractivity contribution in [1.82, 2.24) is 4.90 Å². The first-order chi connectivity index (χ1) is 12.6. The molecule has 1 aromatic carbocycles. The van der Waals surface area contributed by atoms with Gasteiger partial charge in [-0.3, -0.25) is 10.7 Å². The van der Waals surface area contributed by atoms with Crippen molar-refractivity contribution in [2.24, 2.45) is 4.99 Å². The van der Waals surface area contributed by atoms with Crippen LogP contribution in [0.2, 0.25) is 0 Å². The number of allylic oxidation sites excluding steroid dienone is 2. The van der Waals surface area contributed by atoms with Gasteiger partial charge in [0.2, 0.25) is 0 Å². The van der Waals surface area contributed by atoms with Gasteiger partial charge < -0.3 is 20.8 Å². The molecule has 0 unspecified atom stereocenters. The lowest BCUT2D eigenvalue weighted by Gasteiger charge is -2.33. The molecule has 134 valence electrons. The molecule has 0 aromatic heterocycles. The molecule has 2 saturated heterocycles. The summed E-state index contributed by atoms with van der Waals surface area (Å²) in [5.74, 6) is 0.983. The Balaban J connectivity index is 1.65. The van der Waals surface area contributed by atoms with E-state index in [1.807, 2.05) is 23.7 Å². The van der Waals surface area contributed by atoms with E-state index in [4.69, 9.17) is 21.3 Å². The molecule has 26 heavy (non-hydrogen) atoms. The Labute approximate surface area is 152 Å². The number of ether oxygens (including phenoxy) is 1. The van der Waals surface area contributed by atoms with Crippen LogP contribution in [0.4, 0.5) is 5.69 Å². The average molecular weight is 351 g/mol. The van der Waals surface area contributed by atoms with Crippen LogP contribution < -0.4 is 11.1 Å². The second-order valence-electron chi connectivity index (χ2n) is 6.81. The van der Waals surface area contributed by atoms with E-state index in [1.54, 1.807) is 18.2 Å². The predicted molar refractivity (Wildman–Crippen MR) is 102 cm³/mol. The Morgan fingerprint density at radius 1 is 1.31 bits per heavy atom. The lowest BCUT2D eigenvalue weighted by molar-refractivity contribution is -0.522. The van der Waals surface area contributed by atoms with Gasteiger partial charge in [0.05, 0.1) is 18.4 Å². The Hall–Kier alpha value is -2.77. The topological polar surface area (TPSA) is 115 Å². The Kier molecular flexibility index (Phi) is 4.40. The zero-order chi connectivity index (χ0) is 18.1. The molecule has 7 heteroatoms. The van der Waals surface area contributed by atoms with Crippen LogP contribution in [0, 0.1) is 10.8 Å². The van der Waals surface area contributed by atoms with E-state index in [-0.39, 0.29) is 18.0 Å². The van der Waals surface area contributed by atoms with Crippen LogP contribution in [0.15, 0.2) is 47.2 Å². The van der Waals surface area contributed by atoms with Crippen molar-refractivity contribution in [2.45, 2.75) is 25.0 Å². The minimum atomic E-state index is 0.170. The minimum Gasteiger partial charge on any atom is -0.398 e. The van der Waals surface area contributed by atoms with Crippen molar-refractivity contribution in [1.29, 1.82) is 10.8 Å². The normalized spacial score (nSPS) is 24.7. The third-order valence-corrected chi connectivity index (χ3v) is 5.00. The first-order valence-corrected chi connectivity index (χ1v) is 8.84. The van der Waals surface area contributed by atoms with Crippen LogP contribution in [0.25, 0.3) is 0 Å². The Morgan fingerprint density at radius 3 is 2.73 bits per heavy atom. The van der Waals surface area contributed by atoms with E-state index >= 15 is 0 Å². The van der Waals surface area contributed by atoms with Gasteiger partial charge in [0.15, 0.2) is 17.4 Å². The third-order valence-electron chi connectivity index (χ3n) is 5.00. The molecule has 0 radical (unpaired) electrons. The summed E-state index contributed by atoms with van der Waals surface area (Å²) in [6, 6.07) is 5.23. The van der Waals surface area contributed by atoms with E-state index in [0.29, 0.717) is 16.8 Å². The van der Waals surface area contributed by atoms with E-state index in [9.17, 15) is 0 Å². The second kappa shape index (κ2) is 6.86. The van der Waals surface area contributed by atoms with E-state index in [1.165, 1.54) is 6.21 Å². The van der Waals surface area contributed by atoms with Crippen molar-refractivity contribution in [3.63, 3.8) is 0 Å². The minimum absolute atomic E-state index is 0.170. The number of fused-ring (bicyclic) bond motifs is 2. The summed E-state index contributed by atoms with van der Waals surface area (Å²) in [7, 11) is 0. The molecule has 2 atom stereocenters. The Morgan fingerprint density at radius 2 is 2.08 bits per heavy atom. The Bertz CT molecular complexity index is 828. The van der Waals surface area contributed by atoms with Gasteiger partial charge in [0, 0.05) is 42.2 Å². The highest BCUT2D eigenvalue weighted by atomic mass is 16.5. The zero-order valence-electron chi connectivity index (χ0n) is 14.5. The summed E-state index contributed by atoms with van der Waals surface area (Å²) in [5.41, 5.74) is 8.64. The van der Waals surface area contributed by atoms with Crippen LogP contribution in [0.5, 0.6) is 0 Å². The number of hydrogen-bond donors (Lipinski definition) is 4. The highest BCUT2D eigenvalue weighted by Crippen LogP contribution is 2.27. The number of amidine groups is 2. The van der Waals surface area contributed by atoms with E-state index in [2.05, 4.69) is 9.89 Å². The van der Waals surface area contributed by atoms with E-state index in [0.717, 1.165) is 37.5 Å². The molecular formula is C19H23N6O+. The second-order valence-corrected chi connectivity index (χ2v) is 6.81. The SMILES string of the molecule is N=Cc1cc(C(=N)N=C(C2=CC=C[NH2+]2)N2C[C@H]3CC[C@@H](C2)O3)ccc1N. The van der Waals surface area contributed by atoms with Gasteiger partial charge in [-0.2, -0.15) is 0 Å². The number of nitrogens with two attached hydrogens (primary N) is 2. The molecule has 6 N–H and O–H groups in total. The fourth-order valence-electron chi connectivity index (χ4n) is 3.65. The molecule has 0 aliphatic carbocycles. The maximum atomic E-state index is 8.48. The highest BCUT2D eigenvalue weighted by Gasteiger charge is 2.36. The molecule has 0 amide bonds. The molecular weight excluding hydrogens is 328 g/mol. The van der Waals surface area contributed by atoms with Gasteiger partial charge in [0.25, 0.3) is 0 Å². The van der Waals surface area contributed by atoms with Crippen LogP contribution in [-0.4, -0.2) is 48.1 Å². The number of rotatable bonds is 3. The fraction of sp³-hybridized carbons (Fsp3) is 0.316. The van der Waals surface area contributed by atoms with Crippen molar-refractivity contribution >= 4 is 23.6 Å². The number of morpholine rings is 1. The smallest absolute Gasteiger partial charge is 0.193 e. The lowest BCUT2D eigenvalue weighted by Crippen LogP contribution is -2.77. The van der Waals surface area contributed by atoms with Crippen LogP contribution >= 0.6 is 0 Å². The number of nitrogens with zero attached hydrogens (tertiary/aromatic N) is 2. The first kappa shape index (κ1) is 16.7. The molecule has 7 nitrogen and oxygen atoms in total. The van der Waals surface area contributed by atoms with Gasteiger partial charge in [-0.05, 0) is 37.1 Å². The largest absolute Gasteiger partial charge is 0.398 e. The third kappa shape index (κ3) is 3.18. The van der Waals surface area contributed by atoms with E-state index < -0.39 is 0 Å². The number of anilines is 1. The maximum absolute atomic E-state index is 8.48. The predicted octanol–water partition coefficient (Wildman–Crippen LogP) is 0.828. The summed E-state index contributed by atoms with van der Waals surface area (Å²) in [4.78, 5) is 6.91. The van der Waals surface area contributed by atoms with Gasteiger partial charge >= 0.3 is 0 Å². The highest BCUT2D eigenvalue weighted by molar-refractivity contribution is 6.10. The van der Waals surface area contributed by atoms with Crippen LogP contribution in [-0.2, 0) is 4.74 Å². The van der Waals surface area contributed by atoms with Crippen molar-refractivity contribution in [3.8, 4) is 0 Å². The summed E-state index contributed by atoms with van der Waals surface area (Å²) >= 11 is 0. The number of benzene rings is 1. The van der Waals surface area contributed by atoms with Gasteiger partial charge in [0.1, 0.15) is 0 Å². The van der Waals surface area contributed by atoms with Crippen molar-refractivity contribution < 1.29 is 10.1 Å². The van der Waals surface area contributed by atoms with Gasteiger partial charge in [-0.15, -0.1) is 0 Å². The van der Waals surface area contributed by atoms with Crippen molar-refractivity contribution in [3.05, 3.63) is 53.4 Å². The standard InChI is InChI=1S/C19H22N6O/c20-9-13-8-12(3-6-16(13)21)18(22)24-19(17-2-1-7-23-17)25-10-14-4-5-15(11-25)26-14/h1-3,6-9,14-15,20,22-23H,4-5,10-11,21H2/p+1/t14-,15+. The summed E-state index contributed by atoms with van der Waals surface area (Å²) in [6.07, 6.45) is 9.89. The van der Waals surface area contributed by atoms with Crippen LogP contribution in [0.1, 0.15) is 24.0 Å². The monoisotopic (exact) mass is 351 g/mol. The molecule has 2 bridgehead atoms. The number of nitrogens with one attached hydrogen (secondary N) is 2. The number of nitrogen functional groups attached to an aromatic ring is 1. The quantitative estimate of drug-likeness (QED) is 0.367. The first-order valence-electron chi connectivity index (χ1n) is 8.84. The molecule has 3 heterocycles. The summed E-state index contributed by atoms with van der Waals surface area (Å²) < 4.78 is 5.94.